The first-order valence-electron chi connectivity index (χ1n) is 5.85. The van der Waals surface area contributed by atoms with Crippen LogP contribution in [0.25, 0.3) is 0 Å². The lowest BCUT2D eigenvalue weighted by atomic mass is 10.2. The smallest absolute Gasteiger partial charge is 0.303 e. The van der Waals surface area contributed by atoms with Crippen LogP contribution in [0.2, 0.25) is 0 Å². The van der Waals surface area contributed by atoms with E-state index in [1.807, 2.05) is 13.0 Å². The Morgan fingerprint density at radius 1 is 1.47 bits per heavy atom. The Kier molecular flexibility index (Phi) is 5.46. The highest BCUT2D eigenvalue weighted by Gasteiger charge is 2.07. The maximum absolute atomic E-state index is 10.7. The molecule has 1 aromatic heterocycles. The van der Waals surface area contributed by atoms with E-state index in [1.165, 1.54) is 6.92 Å². The van der Waals surface area contributed by atoms with Crippen molar-refractivity contribution in [2.75, 3.05) is 6.61 Å². The molecule has 0 atom stereocenters. The van der Waals surface area contributed by atoms with E-state index in [0.29, 0.717) is 6.61 Å². The third-order valence-electron chi connectivity index (χ3n) is 2.43. The van der Waals surface area contributed by atoms with Gasteiger partial charge < -0.3 is 9.47 Å². The van der Waals surface area contributed by atoms with Gasteiger partial charge in [0.05, 0.1) is 12.3 Å². The van der Waals surface area contributed by atoms with Crippen LogP contribution in [0, 0.1) is 6.92 Å². The Balaban J connectivity index is 2.66. The minimum Gasteiger partial charge on any atom is -0.493 e. The monoisotopic (exact) mass is 237 g/mol. The number of hydrogen-bond donors (Lipinski definition) is 0. The van der Waals surface area contributed by atoms with Gasteiger partial charge in [-0.15, -0.1) is 0 Å². The molecular formula is C13H19NO3. The zero-order valence-electron chi connectivity index (χ0n) is 10.7. The van der Waals surface area contributed by atoms with Crippen molar-refractivity contribution in [3.05, 3.63) is 23.5 Å². The third-order valence-corrected chi connectivity index (χ3v) is 2.43. The molecule has 1 rings (SSSR count). The summed E-state index contributed by atoms with van der Waals surface area (Å²) in [4.78, 5) is 14.9. The van der Waals surface area contributed by atoms with Crippen LogP contribution < -0.4 is 4.74 Å². The highest BCUT2D eigenvalue weighted by Crippen LogP contribution is 2.20. The van der Waals surface area contributed by atoms with Gasteiger partial charge in [-0.05, 0) is 19.4 Å². The van der Waals surface area contributed by atoms with Crippen LogP contribution >= 0.6 is 0 Å². The van der Waals surface area contributed by atoms with E-state index >= 15 is 0 Å². The maximum atomic E-state index is 10.7. The Bertz CT molecular complexity index is 377. The molecule has 1 heterocycles. The second-order valence-corrected chi connectivity index (χ2v) is 3.86. The molecule has 4 nitrogen and oxygen atoms in total. The number of carbonyl (C=O) groups excluding carboxylic acids is 1. The van der Waals surface area contributed by atoms with Crippen molar-refractivity contribution in [3.8, 4) is 5.75 Å². The van der Waals surface area contributed by atoms with Gasteiger partial charge in [-0.2, -0.15) is 0 Å². The largest absolute Gasteiger partial charge is 0.493 e. The van der Waals surface area contributed by atoms with Crippen LogP contribution in [-0.4, -0.2) is 17.6 Å². The molecule has 0 unspecified atom stereocenters. The number of esters is 1. The van der Waals surface area contributed by atoms with Gasteiger partial charge in [0.25, 0.3) is 0 Å². The van der Waals surface area contributed by atoms with Crippen molar-refractivity contribution in [2.24, 2.45) is 0 Å². The molecule has 0 radical (unpaired) electrons. The molecule has 17 heavy (non-hydrogen) atoms. The average Bonchev–Trinajstić information content (AvgIpc) is 2.30. The molecule has 0 aliphatic rings. The second kappa shape index (κ2) is 6.89. The number of ether oxygens (including phenoxy) is 2. The van der Waals surface area contributed by atoms with Gasteiger partial charge in [0, 0.05) is 18.7 Å². The lowest BCUT2D eigenvalue weighted by molar-refractivity contribution is -0.142. The Hall–Kier alpha value is -1.58. The van der Waals surface area contributed by atoms with E-state index in [1.54, 1.807) is 6.20 Å². The van der Waals surface area contributed by atoms with Crippen LogP contribution in [0.15, 0.2) is 12.3 Å². The first kappa shape index (κ1) is 13.5. The first-order valence-corrected chi connectivity index (χ1v) is 5.85. The predicted octanol–water partition coefficient (Wildman–Crippen LogP) is 2.63. The molecule has 0 fully saturated rings. The standard InChI is InChI=1S/C13H19NO3/c1-4-5-8-16-13-6-7-14-12(10(13)2)9-17-11(3)15/h6-7H,4-5,8-9H2,1-3H3. The summed E-state index contributed by atoms with van der Waals surface area (Å²) in [5.41, 5.74) is 1.68. The van der Waals surface area contributed by atoms with Crippen molar-refractivity contribution >= 4 is 5.97 Å². The lowest BCUT2D eigenvalue weighted by Gasteiger charge is -2.11. The van der Waals surface area contributed by atoms with Gasteiger partial charge in [-0.1, -0.05) is 13.3 Å². The number of carbonyl (C=O) groups is 1. The fourth-order valence-electron chi connectivity index (χ4n) is 1.36. The van der Waals surface area contributed by atoms with E-state index < -0.39 is 0 Å². The zero-order chi connectivity index (χ0) is 12.7. The van der Waals surface area contributed by atoms with Crippen molar-refractivity contribution < 1.29 is 14.3 Å². The predicted molar refractivity (Wildman–Crippen MR) is 64.8 cm³/mol. The second-order valence-electron chi connectivity index (χ2n) is 3.86. The molecule has 0 bridgehead atoms. The third kappa shape index (κ3) is 4.43. The molecule has 0 aliphatic heterocycles. The summed E-state index contributed by atoms with van der Waals surface area (Å²) < 4.78 is 10.6. The molecule has 0 N–H and O–H groups in total. The molecule has 0 aliphatic carbocycles. The summed E-state index contributed by atoms with van der Waals surface area (Å²) in [6.07, 6.45) is 3.80. The Labute approximate surface area is 102 Å². The van der Waals surface area contributed by atoms with Gasteiger partial charge in [0.15, 0.2) is 0 Å². The summed E-state index contributed by atoms with van der Waals surface area (Å²) in [7, 11) is 0. The van der Waals surface area contributed by atoms with Gasteiger partial charge in [0.2, 0.25) is 0 Å². The molecule has 0 spiro atoms. The number of hydrogen-bond acceptors (Lipinski definition) is 4. The molecular weight excluding hydrogens is 218 g/mol. The van der Waals surface area contributed by atoms with Crippen LogP contribution in [0.4, 0.5) is 0 Å². The van der Waals surface area contributed by atoms with E-state index in [2.05, 4.69) is 11.9 Å². The Morgan fingerprint density at radius 2 is 2.24 bits per heavy atom. The molecule has 0 saturated heterocycles. The fraction of sp³-hybridized carbons (Fsp3) is 0.538. The van der Waals surface area contributed by atoms with Gasteiger partial charge in [-0.3, -0.25) is 9.78 Å². The van der Waals surface area contributed by atoms with Crippen molar-refractivity contribution in [1.29, 1.82) is 0 Å². The topological polar surface area (TPSA) is 48.4 Å². The summed E-state index contributed by atoms with van der Waals surface area (Å²) in [5.74, 6) is 0.513. The normalized spacial score (nSPS) is 10.1. The molecule has 0 amide bonds. The molecule has 94 valence electrons. The SMILES string of the molecule is CCCCOc1ccnc(COC(C)=O)c1C. The summed E-state index contributed by atoms with van der Waals surface area (Å²) in [5, 5.41) is 0. The van der Waals surface area contributed by atoms with Gasteiger partial charge >= 0.3 is 5.97 Å². The highest BCUT2D eigenvalue weighted by molar-refractivity contribution is 5.65. The van der Waals surface area contributed by atoms with E-state index in [-0.39, 0.29) is 12.6 Å². The van der Waals surface area contributed by atoms with Crippen molar-refractivity contribution in [1.82, 2.24) is 4.98 Å². The molecule has 0 saturated carbocycles. The number of unbranched alkanes of at least 4 members (excludes halogenated alkanes) is 1. The van der Waals surface area contributed by atoms with Crippen LogP contribution in [0.1, 0.15) is 37.9 Å². The van der Waals surface area contributed by atoms with E-state index in [4.69, 9.17) is 9.47 Å². The summed E-state index contributed by atoms with van der Waals surface area (Å²) >= 11 is 0. The van der Waals surface area contributed by atoms with E-state index in [9.17, 15) is 4.79 Å². The van der Waals surface area contributed by atoms with Gasteiger partial charge in [-0.25, -0.2) is 0 Å². The lowest BCUT2D eigenvalue weighted by Crippen LogP contribution is -2.05. The zero-order valence-corrected chi connectivity index (χ0v) is 10.7. The fourth-order valence-corrected chi connectivity index (χ4v) is 1.36. The van der Waals surface area contributed by atoms with Crippen LogP contribution in [0.3, 0.4) is 0 Å². The minimum atomic E-state index is -0.302. The molecule has 1 aromatic rings. The minimum absolute atomic E-state index is 0.201. The van der Waals surface area contributed by atoms with Crippen LogP contribution in [0.5, 0.6) is 5.75 Å². The number of rotatable bonds is 6. The summed E-state index contributed by atoms with van der Waals surface area (Å²) in [6, 6.07) is 1.84. The number of nitrogens with zero attached hydrogens (tertiary/aromatic N) is 1. The molecule has 0 aromatic carbocycles. The van der Waals surface area contributed by atoms with Crippen LogP contribution in [-0.2, 0) is 16.1 Å². The maximum Gasteiger partial charge on any atom is 0.303 e. The van der Waals surface area contributed by atoms with Gasteiger partial charge in [0.1, 0.15) is 12.4 Å². The number of aromatic nitrogens is 1. The summed E-state index contributed by atoms with van der Waals surface area (Å²) in [6.45, 7) is 6.33. The quantitative estimate of drug-likeness (QED) is 0.563. The van der Waals surface area contributed by atoms with Crippen molar-refractivity contribution in [2.45, 2.75) is 40.2 Å². The highest BCUT2D eigenvalue weighted by atomic mass is 16.5. The van der Waals surface area contributed by atoms with E-state index in [0.717, 1.165) is 29.8 Å². The number of pyridine rings is 1. The molecule has 4 heteroatoms. The first-order chi connectivity index (χ1) is 8.15. The average molecular weight is 237 g/mol. The Morgan fingerprint density at radius 3 is 2.88 bits per heavy atom. The van der Waals surface area contributed by atoms with Crippen molar-refractivity contribution in [3.63, 3.8) is 0 Å².